The maximum Gasteiger partial charge on any atom is 0.309 e. The average Bonchev–Trinajstić information content (AvgIpc) is 3.41. The molecule has 23 heavy (non-hydrogen) atoms. The zero-order chi connectivity index (χ0) is 15.6. The van der Waals surface area contributed by atoms with E-state index in [4.69, 9.17) is 4.74 Å². The van der Waals surface area contributed by atoms with Crippen LogP contribution in [0.25, 0.3) is 10.8 Å². The summed E-state index contributed by atoms with van der Waals surface area (Å²) in [6.45, 7) is 0.349. The lowest BCUT2D eigenvalue weighted by Gasteiger charge is -2.06. The summed E-state index contributed by atoms with van der Waals surface area (Å²) in [6, 6.07) is 24.6. The summed E-state index contributed by atoms with van der Waals surface area (Å²) in [4.78, 5) is 12.2. The van der Waals surface area contributed by atoms with E-state index in [0.29, 0.717) is 12.5 Å². The van der Waals surface area contributed by atoms with Crippen molar-refractivity contribution in [3.05, 3.63) is 83.9 Å². The molecule has 3 aromatic rings. The van der Waals surface area contributed by atoms with Gasteiger partial charge in [0, 0.05) is 0 Å². The average molecular weight is 302 g/mol. The fourth-order valence-corrected chi connectivity index (χ4v) is 3.11. The van der Waals surface area contributed by atoms with Gasteiger partial charge in [0.1, 0.15) is 6.61 Å². The van der Waals surface area contributed by atoms with E-state index in [2.05, 4.69) is 36.4 Å². The molecule has 0 amide bonds. The van der Waals surface area contributed by atoms with Crippen LogP contribution in [0, 0.1) is 5.92 Å². The highest BCUT2D eigenvalue weighted by atomic mass is 16.5. The van der Waals surface area contributed by atoms with Gasteiger partial charge in [0.15, 0.2) is 0 Å². The van der Waals surface area contributed by atoms with E-state index < -0.39 is 0 Å². The van der Waals surface area contributed by atoms with Gasteiger partial charge in [-0.25, -0.2) is 0 Å². The molecule has 1 fully saturated rings. The predicted molar refractivity (Wildman–Crippen MR) is 91.0 cm³/mol. The van der Waals surface area contributed by atoms with E-state index in [-0.39, 0.29) is 11.9 Å². The summed E-state index contributed by atoms with van der Waals surface area (Å²) >= 11 is 0. The molecular weight excluding hydrogens is 284 g/mol. The smallest absolute Gasteiger partial charge is 0.309 e. The van der Waals surface area contributed by atoms with E-state index in [9.17, 15) is 4.79 Å². The molecule has 4 rings (SSSR count). The maximum atomic E-state index is 12.2. The molecule has 114 valence electrons. The third kappa shape index (κ3) is 2.98. The van der Waals surface area contributed by atoms with Crippen molar-refractivity contribution in [1.82, 2.24) is 0 Å². The highest BCUT2D eigenvalue weighted by molar-refractivity contribution is 5.83. The van der Waals surface area contributed by atoms with Crippen molar-refractivity contribution >= 4 is 16.7 Å². The van der Waals surface area contributed by atoms with Crippen LogP contribution >= 0.6 is 0 Å². The molecule has 1 aliphatic carbocycles. The normalized spacial score (nSPS) is 19.5. The summed E-state index contributed by atoms with van der Waals surface area (Å²) in [5, 5.41) is 2.38. The van der Waals surface area contributed by atoms with Crippen LogP contribution in [0.3, 0.4) is 0 Å². The van der Waals surface area contributed by atoms with Crippen molar-refractivity contribution in [2.24, 2.45) is 5.92 Å². The lowest BCUT2D eigenvalue weighted by Crippen LogP contribution is -2.07. The van der Waals surface area contributed by atoms with Crippen molar-refractivity contribution in [3.8, 4) is 0 Å². The lowest BCUT2D eigenvalue weighted by atomic mass is 10.1. The number of esters is 1. The monoisotopic (exact) mass is 302 g/mol. The highest BCUT2D eigenvalue weighted by Gasteiger charge is 2.45. The maximum absolute atomic E-state index is 12.2. The fraction of sp³-hybridized carbons (Fsp3) is 0.190. The molecule has 1 aliphatic rings. The molecule has 0 saturated heterocycles. The minimum Gasteiger partial charge on any atom is -0.461 e. The minimum atomic E-state index is -0.0768. The van der Waals surface area contributed by atoms with Gasteiger partial charge in [0.05, 0.1) is 5.92 Å². The van der Waals surface area contributed by atoms with Gasteiger partial charge < -0.3 is 4.74 Å². The fourth-order valence-electron chi connectivity index (χ4n) is 3.11. The quantitative estimate of drug-likeness (QED) is 0.654. The van der Waals surface area contributed by atoms with E-state index in [1.807, 2.05) is 36.4 Å². The molecule has 0 aliphatic heterocycles. The molecule has 2 heteroatoms. The first-order valence-electron chi connectivity index (χ1n) is 8.00. The Labute approximate surface area is 135 Å². The molecule has 0 radical (unpaired) electrons. The first-order chi connectivity index (χ1) is 11.3. The molecule has 0 heterocycles. The van der Waals surface area contributed by atoms with Crippen LogP contribution in [0.15, 0.2) is 72.8 Å². The molecule has 0 bridgehead atoms. The standard InChI is InChI=1S/C21H18O2/c22-21(20-13-19(20)17-7-2-1-3-8-17)23-14-15-10-11-16-6-4-5-9-18(16)12-15/h1-12,19-20H,13-14H2. The van der Waals surface area contributed by atoms with E-state index >= 15 is 0 Å². The summed E-state index contributed by atoms with van der Waals surface area (Å²) in [5.41, 5.74) is 2.27. The van der Waals surface area contributed by atoms with Gasteiger partial charge in [-0.3, -0.25) is 4.79 Å². The number of benzene rings is 3. The van der Waals surface area contributed by atoms with Crippen molar-refractivity contribution in [2.75, 3.05) is 0 Å². The predicted octanol–water partition coefficient (Wildman–Crippen LogP) is 4.69. The summed E-state index contributed by atoms with van der Waals surface area (Å²) in [6.07, 6.45) is 0.903. The third-order valence-corrected chi connectivity index (χ3v) is 4.52. The molecule has 2 unspecified atom stereocenters. The van der Waals surface area contributed by atoms with Gasteiger partial charge in [-0.05, 0) is 40.3 Å². The summed E-state index contributed by atoms with van der Waals surface area (Å²) < 4.78 is 5.51. The molecule has 2 atom stereocenters. The van der Waals surface area contributed by atoms with Crippen LogP contribution in [-0.4, -0.2) is 5.97 Å². The van der Waals surface area contributed by atoms with Crippen molar-refractivity contribution in [2.45, 2.75) is 18.9 Å². The Bertz CT molecular complexity index is 839. The second-order valence-electron chi connectivity index (χ2n) is 6.15. The van der Waals surface area contributed by atoms with Gasteiger partial charge in [-0.2, -0.15) is 0 Å². The zero-order valence-corrected chi connectivity index (χ0v) is 12.8. The number of carbonyl (C=O) groups is 1. The van der Waals surface area contributed by atoms with E-state index in [1.165, 1.54) is 16.3 Å². The van der Waals surface area contributed by atoms with Crippen molar-refractivity contribution < 1.29 is 9.53 Å². The number of hydrogen-bond donors (Lipinski definition) is 0. The molecule has 0 spiro atoms. The Balaban J connectivity index is 1.38. The minimum absolute atomic E-state index is 0.0258. The molecule has 0 aromatic heterocycles. The van der Waals surface area contributed by atoms with Crippen LogP contribution < -0.4 is 0 Å². The van der Waals surface area contributed by atoms with Gasteiger partial charge in [0.2, 0.25) is 0 Å². The second kappa shape index (κ2) is 5.88. The molecular formula is C21H18O2. The summed E-state index contributed by atoms with van der Waals surface area (Å²) in [7, 11) is 0. The third-order valence-electron chi connectivity index (χ3n) is 4.52. The topological polar surface area (TPSA) is 26.3 Å². The first kappa shape index (κ1) is 14.0. The first-order valence-corrected chi connectivity index (χ1v) is 8.00. The molecule has 1 saturated carbocycles. The lowest BCUT2D eigenvalue weighted by molar-refractivity contribution is -0.146. The van der Waals surface area contributed by atoms with E-state index in [1.54, 1.807) is 0 Å². The second-order valence-corrected chi connectivity index (χ2v) is 6.15. The van der Waals surface area contributed by atoms with Crippen molar-refractivity contribution in [1.29, 1.82) is 0 Å². The Kier molecular flexibility index (Phi) is 3.58. The zero-order valence-electron chi connectivity index (χ0n) is 12.8. The van der Waals surface area contributed by atoms with Crippen LogP contribution in [0.1, 0.15) is 23.5 Å². The number of rotatable bonds is 4. The van der Waals surface area contributed by atoms with Crippen LogP contribution in [0.2, 0.25) is 0 Å². The molecule has 3 aromatic carbocycles. The molecule has 2 nitrogen and oxygen atoms in total. The van der Waals surface area contributed by atoms with Gasteiger partial charge in [-0.15, -0.1) is 0 Å². The van der Waals surface area contributed by atoms with Crippen molar-refractivity contribution in [3.63, 3.8) is 0 Å². The number of ether oxygens (including phenoxy) is 1. The van der Waals surface area contributed by atoms with Gasteiger partial charge >= 0.3 is 5.97 Å². The Morgan fingerprint density at radius 1 is 0.913 bits per heavy atom. The number of carbonyl (C=O) groups excluding carboxylic acids is 1. The Morgan fingerprint density at radius 3 is 2.48 bits per heavy atom. The summed E-state index contributed by atoms with van der Waals surface area (Å²) in [5.74, 6) is 0.283. The van der Waals surface area contributed by atoms with Gasteiger partial charge in [0.25, 0.3) is 0 Å². The van der Waals surface area contributed by atoms with Gasteiger partial charge in [-0.1, -0.05) is 66.7 Å². The number of fused-ring (bicyclic) bond motifs is 1. The van der Waals surface area contributed by atoms with Crippen LogP contribution in [-0.2, 0) is 16.1 Å². The molecule has 0 N–H and O–H groups in total. The Morgan fingerprint density at radius 2 is 1.65 bits per heavy atom. The van der Waals surface area contributed by atoms with Crippen LogP contribution in [0.4, 0.5) is 0 Å². The van der Waals surface area contributed by atoms with Crippen LogP contribution in [0.5, 0.6) is 0 Å². The largest absolute Gasteiger partial charge is 0.461 e. The van der Waals surface area contributed by atoms with E-state index in [0.717, 1.165) is 12.0 Å². The highest BCUT2D eigenvalue weighted by Crippen LogP contribution is 2.48. The number of hydrogen-bond acceptors (Lipinski definition) is 2. The SMILES string of the molecule is O=C(OCc1ccc2ccccc2c1)C1CC1c1ccccc1. The Hall–Kier alpha value is -2.61.